The van der Waals surface area contributed by atoms with Crippen molar-refractivity contribution in [1.29, 1.82) is 0 Å². The molecular weight excluding hydrogens is 452 g/mol. The van der Waals surface area contributed by atoms with Crippen LogP contribution >= 0.6 is 0 Å². The molecule has 35 heavy (non-hydrogen) atoms. The summed E-state index contributed by atoms with van der Waals surface area (Å²) < 4.78 is 4.99. The lowest BCUT2D eigenvalue weighted by atomic mass is 9.76. The van der Waals surface area contributed by atoms with Gasteiger partial charge in [0.1, 0.15) is 12.7 Å². The fourth-order valence-corrected chi connectivity index (χ4v) is 5.03. The molecule has 204 valence electrons. The third-order valence-corrected chi connectivity index (χ3v) is 8.01. The number of esters is 1. The minimum absolute atomic E-state index is 0.106. The molecule has 0 aromatic rings. The minimum Gasteiger partial charge on any atom is -0.481 e. The topological polar surface area (TPSA) is 141 Å². The van der Waals surface area contributed by atoms with Gasteiger partial charge in [0.2, 0.25) is 0 Å². The number of hydrogen-bond acceptors (Lipinski definition) is 6. The van der Waals surface area contributed by atoms with E-state index < -0.39 is 28.9 Å². The molecule has 0 amide bonds. The molecule has 0 saturated heterocycles. The highest BCUT2D eigenvalue weighted by Crippen LogP contribution is 2.37. The zero-order chi connectivity index (χ0) is 26.5. The second-order valence-corrected chi connectivity index (χ2v) is 11.4. The van der Waals surface area contributed by atoms with E-state index in [1.807, 2.05) is 20.8 Å². The van der Waals surface area contributed by atoms with Gasteiger partial charge in [-0.3, -0.25) is 14.4 Å². The van der Waals surface area contributed by atoms with Crippen LogP contribution in [0.3, 0.4) is 0 Å². The number of carbonyl (C=O) groups is 3. The summed E-state index contributed by atoms with van der Waals surface area (Å²) in [4.78, 5) is 33.1. The van der Waals surface area contributed by atoms with Gasteiger partial charge in [-0.05, 0) is 59.3 Å². The molecule has 0 bridgehead atoms. The van der Waals surface area contributed by atoms with Gasteiger partial charge in [0.25, 0.3) is 0 Å². The number of carboxylic acid groups (broad SMARTS) is 2. The summed E-state index contributed by atoms with van der Waals surface area (Å²) in [6, 6.07) is 0. The Hall–Kier alpha value is -1.67. The van der Waals surface area contributed by atoms with Gasteiger partial charge in [-0.1, -0.05) is 57.8 Å². The third kappa shape index (κ3) is 10.5. The Labute approximate surface area is 210 Å². The zero-order valence-electron chi connectivity index (χ0n) is 22.0. The molecule has 0 heterocycles. The van der Waals surface area contributed by atoms with E-state index in [2.05, 4.69) is 0 Å². The molecule has 8 nitrogen and oxygen atoms in total. The average Bonchev–Trinajstić information content (AvgIpc) is 2.84. The van der Waals surface area contributed by atoms with E-state index in [1.165, 1.54) is 19.3 Å². The van der Waals surface area contributed by atoms with Crippen molar-refractivity contribution in [3.8, 4) is 0 Å². The van der Waals surface area contributed by atoms with Crippen molar-refractivity contribution in [3.63, 3.8) is 0 Å². The maximum atomic E-state index is 11.7. The molecule has 3 saturated carbocycles. The molecular formula is C27H48O8. The molecule has 0 aromatic heterocycles. The van der Waals surface area contributed by atoms with Crippen LogP contribution in [0.5, 0.6) is 0 Å². The molecule has 3 aliphatic rings. The zero-order valence-corrected chi connectivity index (χ0v) is 22.0. The first-order valence-electron chi connectivity index (χ1n) is 13.3. The number of aliphatic hydroxyl groups is 2. The number of hydrogen-bond donors (Lipinski definition) is 4. The van der Waals surface area contributed by atoms with Gasteiger partial charge in [0.15, 0.2) is 0 Å². The molecule has 0 aliphatic heterocycles. The molecule has 1 atom stereocenters. The van der Waals surface area contributed by atoms with E-state index in [0.717, 1.165) is 77.0 Å². The highest BCUT2D eigenvalue weighted by atomic mass is 16.5. The van der Waals surface area contributed by atoms with Gasteiger partial charge in [-0.2, -0.15) is 0 Å². The van der Waals surface area contributed by atoms with Crippen LogP contribution in [0.15, 0.2) is 0 Å². The summed E-state index contributed by atoms with van der Waals surface area (Å²) >= 11 is 0. The van der Waals surface area contributed by atoms with Crippen LogP contribution in [0, 0.1) is 16.2 Å². The molecule has 0 radical (unpaired) electrons. The van der Waals surface area contributed by atoms with Gasteiger partial charge < -0.3 is 25.2 Å². The largest absolute Gasteiger partial charge is 0.481 e. The first-order valence-corrected chi connectivity index (χ1v) is 13.3. The predicted octanol–water partition coefficient (Wildman–Crippen LogP) is 4.94. The van der Waals surface area contributed by atoms with Crippen LogP contribution in [0.4, 0.5) is 0 Å². The second kappa shape index (κ2) is 14.8. The monoisotopic (exact) mass is 500 g/mol. The number of rotatable bonds is 6. The molecule has 3 aliphatic carbocycles. The van der Waals surface area contributed by atoms with E-state index in [1.54, 1.807) is 0 Å². The van der Waals surface area contributed by atoms with Crippen LogP contribution in [0.2, 0.25) is 0 Å². The van der Waals surface area contributed by atoms with Crippen molar-refractivity contribution >= 4 is 17.9 Å². The van der Waals surface area contributed by atoms with E-state index in [0.29, 0.717) is 0 Å². The lowest BCUT2D eigenvalue weighted by Crippen LogP contribution is -2.34. The summed E-state index contributed by atoms with van der Waals surface area (Å²) in [5, 5.41) is 35.2. The summed E-state index contributed by atoms with van der Waals surface area (Å²) in [7, 11) is 0. The normalized spacial score (nSPS) is 23.2. The number of ether oxygens (including phenoxy) is 1. The summed E-state index contributed by atoms with van der Waals surface area (Å²) in [6.45, 7) is 5.15. The number of aliphatic carboxylic acids is 2. The Bertz CT molecular complexity index is 622. The van der Waals surface area contributed by atoms with E-state index in [-0.39, 0.29) is 24.6 Å². The highest BCUT2D eigenvalue weighted by Gasteiger charge is 2.36. The molecule has 3 fully saturated rings. The maximum Gasteiger partial charge on any atom is 0.311 e. The Morgan fingerprint density at radius 3 is 1.23 bits per heavy atom. The first kappa shape index (κ1) is 31.4. The minimum atomic E-state index is -0.957. The molecule has 0 aromatic carbocycles. The van der Waals surface area contributed by atoms with Crippen LogP contribution < -0.4 is 0 Å². The Morgan fingerprint density at radius 2 is 0.971 bits per heavy atom. The van der Waals surface area contributed by atoms with Crippen molar-refractivity contribution in [2.75, 3.05) is 13.2 Å². The number of carboxylic acids is 2. The molecule has 3 rings (SSSR count). The van der Waals surface area contributed by atoms with Crippen LogP contribution in [-0.4, -0.2) is 57.7 Å². The second-order valence-electron chi connectivity index (χ2n) is 11.4. The van der Waals surface area contributed by atoms with Crippen LogP contribution in [0.25, 0.3) is 0 Å². The summed E-state index contributed by atoms with van der Waals surface area (Å²) in [6.07, 6.45) is 14.3. The first-order chi connectivity index (χ1) is 16.4. The van der Waals surface area contributed by atoms with E-state index >= 15 is 0 Å². The van der Waals surface area contributed by atoms with E-state index in [4.69, 9.17) is 25.2 Å². The SMILES string of the molecule is CC1(C(=O)O)CCCCC1.CC1(C(=O)O)CCCCC1.CC1(C(=O)OCC(O)CO)CCCCC1. The molecule has 8 heteroatoms. The smallest absolute Gasteiger partial charge is 0.311 e. The maximum absolute atomic E-state index is 11.7. The Kier molecular flexibility index (Phi) is 13.2. The van der Waals surface area contributed by atoms with Crippen molar-refractivity contribution in [1.82, 2.24) is 0 Å². The van der Waals surface area contributed by atoms with Crippen molar-refractivity contribution in [3.05, 3.63) is 0 Å². The average molecular weight is 501 g/mol. The Balaban J connectivity index is 0.000000271. The summed E-state index contributed by atoms with van der Waals surface area (Å²) in [5.74, 6) is -1.48. The van der Waals surface area contributed by atoms with Gasteiger partial charge in [0.05, 0.1) is 22.9 Å². The van der Waals surface area contributed by atoms with Crippen molar-refractivity contribution < 1.29 is 39.5 Å². The lowest BCUT2D eigenvalue weighted by Gasteiger charge is -2.31. The fourth-order valence-electron chi connectivity index (χ4n) is 5.03. The van der Waals surface area contributed by atoms with Crippen molar-refractivity contribution in [2.45, 2.75) is 123 Å². The quantitative estimate of drug-likeness (QED) is 0.376. The lowest BCUT2D eigenvalue weighted by molar-refractivity contribution is -0.160. The van der Waals surface area contributed by atoms with Gasteiger partial charge >= 0.3 is 17.9 Å². The molecule has 1 unspecified atom stereocenters. The van der Waals surface area contributed by atoms with E-state index in [9.17, 15) is 14.4 Å². The molecule has 0 spiro atoms. The standard InChI is InChI=1S/C11H20O4.2C8H14O2/c1-11(5-3-2-4-6-11)10(14)15-8-9(13)7-12;2*1-8(7(9)10)5-3-2-4-6-8/h9,12-13H,2-8H2,1H3;2*2-6H2,1H3,(H,9,10). The fraction of sp³-hybridized carbons (Fsp3) is 0.889. The molecule has 4 N–H and O–H groups in total. The van der Waals surface area contributed by atoms with Crippen LogP contribution in [-0.2, 0) is 19.1 Å². The van der Waals surface area contributed by atoms with Crippen molar-refractivity contribution in [2.24, 2.45) is 16.2 Å². The van der Waals surface area contributed by atoms with Crippen LogP contribution in [0.1, 0.15) is 117 Å². The van der Waals surface area contributed by atoms with Gasteiger partial charge in [0, 0.05) is 0 Å². The number of aliphatic hydroxyl groups excluding tert-OH is 2. The third-order valence-electron chi connectivity index (χ3n) is 8.01. The predicted molar refractivity (Wildman–Crippen MR) is 133 cm³/mol. The highest BCUT2D eigenvalue weighted by molar-refractivity contribution is 5.76. The Morgan fingerprint density at radius 1 is 0.657 bits per heavy atom. The van der Waals surface area contributed by atoms with Gasteiger partial charge in [-0.15, -0.1) is 0 Å². The van der Waals surface area contributed by atoms with Gasteiger partial charge in [-0.25, -0.2) is 0 Å². The number of carbonyl (C=O) groups excluding carboxylic acids is 1. The summed E-state index contributed by atoms with van der Waals surface area (Å²) in [5.41, 5.74) is -1.19.